The smallest absolute Gasteiger partial charge is 0.221 e. The molecule has 0 bridgehead atoms. The van der Waals surface area contributed by atoms with E-state index >= 15 is 0 Å². The summed E-state index contributed by atoms with van der Waals surface area (Å²) in [6, 6.07) is 20.5. The van der Waals surface area contributed by atoms with Crippen LogP contribution in [0, 0.1) is 0 Å². The Balaban J connectivity index is 1.32. The number of allylic oxidation sites excluding steroid dienone is 1. The Bertz CT molecular complexity index is 1820. The number of nitrogens with zero attached hydrogens (tertiary/aromatic N) is 5. The molecule has 0 aliphatic carbocycles. The summed E-state index contributed by atoms with van der Waals surface area (Å²) >= 11 is 0. The first-order valence-electron chi connectivity index (χ1n) is 14.2. The molecule has 3 heterocycles. The number of carbonyl (C=O) groups is 1. The maximum Gasteiger partial charge on any atom is 0.221 e. The van der Waals surface area contributed by atoms with Gasteiger partial charge < -0.3 is 30.4 Å². The molecule has 3 aromatic carbocycles. The van der Waals surface area contributed by atoms with Gasteiger partial charge in [-0.3, -0.25) is 4.79 Å². The Morgan fingerprint density at radius 3 is 2.61 bits per heavy atom. The van der Waals surface area contributed by atoms with Gasteiger partial charge in [0.2, 0.25) is 5.95 Å². The maximum absolute atomic E-state index is 13.8. The zero-order valence-corrected chi connectivity index (χ0v) is 24.6. The molecule has 1 aliphatic rings. The SMILES string of the molecule is COc1cc(Cc2cnc(N)nc2N)cc(C(=O)C=CN2CCc3ccccc3C2c2ccc(-n3ccnc3)cc2)c1OC. The molecule has 0 saturated heterocycles. The monoisotopic (exact) mass is 587 g/mol. The predicted molar refractivity (Wildman–Crippen MR) is 169 cm³/mol. The molecule has 0 fully saturated rings. The second-order valence-electron chi connectivity index (χ2n) is 10.5. The lowest BCUT2D eigenvalue weighted by Gasteiger charge is -2.37. The van der Waals surface area contributed by atoms with E-state index in [1.807, 2.05) is 23.0 Å². The highest BCUT2D eigenvalue weighted by atomic mass is 16.5. The third kappa shape index (κ3) is 5.69. The summed E-state index contributed by atoms with van der Waals surface area (Å²) in [5.41, 5.74) is 18.3. The number of methoxy groups -OCH3 is 2. The molecule has 0 amide bonds. The zero-order chi connectivity index (χ0) is 30.6. The minimum atomic E-state index is -0.211. The lowest BCUT2D eigenvalue weighted by atomic mass is 9.88. The van der Waals surface area contributed by atoms with Gasteiger partial charge in [0, 0.05) is 55.1 Å². The number of carbonyl (C=O) groups excluding carboxylic acids is 1. The van der Waals surface area contributed by atoms with Crippen LogP contribution in [-0.4, -0.2) is 51.0 Å². The number of benzene rings is 3. The van der Waals surface area contributed by atoms with E-state index < -0.39 is 0 Å². The summed E-state index contributed by atoms with van der Waals surface area (Å²) in [5, 5.41) is 0. The summed E-state index contributed by atoms with van der Waals surface area (Å²) in [6.07, 6.45) is 11.8. The predicted octanol–water partition coefficient (Wildman–Crippen LogP) is 4.78. The van der Waals surface area contributed by atoms with Crippen molar-refractivity contribution in [1.29, 1.82) is 0 Å². The highest BCUT2D eigenvalue weighted by Gasteiger charge is 2.27. The van der Waals surface area contributed by atoms with Crippen LogP contribution in [0.15, 0.2) is 97.9 Å². The largest absolute Gasteiger partial charge is 0.493 e. The van der Waals surface area contributed by atoms with Gasteiger partial charge in [-0.15, -0.1) is 0 Å². The van der Waals surface area contributed by atoms with Crippen molar-refractivity contribution in [2.45, 2.75) is 18.9 Å². The molecule has 6 rings (SSSR count). The average molecular weight is 588 g/mol. The van der Waals surface area contributed by atoms with Gasteiger partial charge >= 0.3 is 0 Å². The third-order valence-corrected chi connectivity index (χ3v) is 7.86. The molecule has 1 atom stereocenters. The molecular weight excluding hydrogens is 554 g/mol. The number of hydrogen-bond acceptors (Lipinski definition) is 9. The first-order chi connectivity index (χ1) is 21.4. The molecule has 0 saturated carbocycles. The minimum absolute atomic E-state index is 0.0582. The van der Waals surface area contributed by atoms with Gasteiger partial charge in [0.1, 0.15) is 5.82 Å². The number of hydrogen-bond donors (Lipinski definition) is 2. The molecular formula is C34H33N7O3. The van der Waals surface area contributed by atoms with Crippen LogP contribution in [0.2, 0.25) is 0 Å². The van der Waals surface area contributed by atoms with E-state index in [2.05, 4.69) is 68.4 Å². The van der Waals surface area contributed by atoms with Crippen molar-refractivity contribution >= 4 is 17.5 Å². The van der Waals surface area contributed by atoms with Crippen molar-refractivity contribution in [3.05, 3.63) is 131 Å². The van der Waals surface area contributed by atoms with Gasteiger partial charge in [0.25, 0.3) is 0 Å². The van der Waals surface area contributed by atoms with Gasteiger partial charge in [-0.25, -0.2) is 9.97 Å². The van der Waals surface area contributed by atoms with Crippen LogP contribution < -0.4 is 20.9 Å². The van der Waals surface area contributed by atoms with Crippen LogP contribution in [-0.2, 0) is 12.8 Å². The van der Waals surface area contributed by atoms with Crippen LogP contribution in [0.1, 0.15) is 44.2 Å². The Morgan fingerprint density at radius 2 is 1.89 bits per heavy atom. The average Bonchev–Trinajstić information content (AvgIpc) is 3.59. The Labute approximate surface area is 255 Å². The minimum Gasteiger partial charge on any atom is -0.493 e. The normalized spacial score (nSPS) is 14.4. The van der Waals surface area contributed by atoms with Crippen molar-refractivity contribution in [1.82, 2.24) is 24.4 Å². The fourth-order valence-electron chi connectivity index (χ4n) is 5.71. The van der Waals surface area contributed by atoms with Crippen LogP contribution in [0.3, 0.4) is 0 Å². The van der Waals surface area contributed by atoms with E-state index in [0.29, 0.717) is 29.0 Å². The number of ketones is 1. The third-order valence-electron chi connectivity index (χ3n) is 7.86. The van der Waals surface area contributed by atoms with Gasteiger partial charge in [-0.05, 0) is 52.9 Å². The molecule has 1 aliphatic heterocycles. The van der Waals surface area contributed by atoms with Crippen LogP contribution >= 0.6 is 0 Å². The molecule has 2 aromatic heterocycles. The Kier molecular flexibility index (Phi) is 7.96. The number of anilines is 2. The van der Waals surface area contributed by atoms with Gasteiger partial charge in [-0.1, -0.05) is 36.4 Å². The van der Waals surface area contributed by atoms with E-state index in [1.54, 1.807) is 38.0 Å². The highest BCUT2D eigenvalue weighted by Crippen LogP contribution is 2.37. The number of rotatable bonds is 9. The lowest BCUT2D eigenvalue weighted by Crippen LogP contribution is -2.32. The maximum atomic E-state index is 13.8. The van der Waals surface area contributed by atoms with Crippen LogP contribution in [0.5, 0.6) is 11.5 Å². The quantitative estimate of drug-likeness (QED) is 0.185. The lowest BCUT2D eigenvalue weighted by molar-refractivity contribution is 0.104. The van der Waals surface area contributed by atoms with Crippen LogP contribution in [0.25, 0.3) is 5.69 Å². The number of imidazole rings is 1. The van der Waals surface area contributed by atoms with Gasteiger partial charge in [0.05, 0.1) is 32.2 Å². The summed E-state index contributed by atoms with van der Waals surface area (Å²) in [5.74, 6) is 0.987. The number of aromatic nitrogens is 4. The number of nitrogens with two attached hydrogens (primary N) is 2. The standard InChI is InChI=1S/C34H33N7O3/c1-43-30-19-22(17-25-20-38-34(36)39-33(25)35)18-28(32(30)44-2)29(42)12-15-40-14-11-23-5-3-4-6-27(23)31(40)24-7-9-26(10-8-24)41-16-13-37-21-41/h3-10,12-13,15-16,18-21,31H,11,14,17H2,1-2H3,(H4,35,36,38,39). The molecule has 44 heavy (non-hydrogen) atoms. The van der Waals surface area contributed by atoms with Crippen molar-refractivity contribution < 1.29 is 14.3 Å². The molecule has 0 radical (unpaired) electrons. The van der Waals surface area contributed by atoms with E-state index in [9.17, 15) is 4.79 Å². The number of ether oxygens (including phenoxy) is 2. The summed E-state index contributed by atoms with van der Waals surface area (Å²) in [6.45, 7) is 0.756. The first-order valence-corrected chi connectivity index (χ1v) is 14.2. The Morgan fingerprint density at radius 1 is 1.07 bits per heavy atom. The molecule has 10 heteroatoms. The molecule has 4 N–H and O–H groups in total. The topological polar surface area (TPSA) is 134 Å². The summed E-state index contributed by atoms with van der Waals surface area (Å²) in [4.78, 5) is 28.3. The highest BCUT2D eigenvalue weighted by molar-refractivity contribution is 6.07. The van der Waals surface area contributed by atoms with Crippen molar-refractivity contribution in [3.8, 4) is 17.2 Å². The van der Waals surface area contributed by atoms with E-state index in [0.717, 1.165) is 29.8 Å². The van der Waals surface area contributed by atoms with E-state index in [1.165, 1.54) is 18.2 Å². The molecule has 0 spiro atoms. The summed E-state index contributed by atoms with van der Waals surface area (Å²) < 4.78 is 13.2. The van der Waals surface area contributed by atoms with E-state index in [4.69, 9.17) is 20.9 Å². The molecule has 10 nitrogen and oxygen atoms in total. The molecule has 1 unspecified atom stereocenters. The summed E-state index contributed by atoms with van der Waals surface area (Å²) in [7, 11) is 3.06. The second-order valence-corrected chi connectivity index (χ2v) is 10.5. The fraction of sp³-hybridized carbons (Fsp3) is 0.176. The number of nitrogen functional groups attached to an aromatic ring is 2. The second kappa shape index (κ2) is 12.3. The molecule has 5 aromatic rings. The van der Waals surface area contributed by atoms with Gasteiger partial charge in [0.15, 0.2) is 17.3 Å². The van der Waals surface area contributed by atoms with E-state index in [-0.39, 0.29) is 23.6 Å². The van der Waals surface area contributed by atoms with Crippen LogP contribution in [0.4, 0.5) is 11.8 Å². The van der Waals surface area contributed by atoms with Crippen molar-refractivity contribution in [3.63, 3.8) is 0 Å². The first kappa shape index (κ1) is 28.5. The molecule has 222 valence electrons. The zero-order valence-electron chi connectivity index (χ0n) is 24.6. The van der Waals surface area contributed by atoms with Gasteiger partial charge in [-0.2, -0.15) is 4.98 Å². The number of fused-ring (bicyclic) bond motifs is 1. The Hall–Kier alpha value is -5.64. The van der Waals surface area contributed by atoms with Crippen molar-refractivity contribution in [2.24, 2.45) is 0 Å². The fourth-order valence-corrected chi connectivity index (χ4v) is 5.71. The van der Waals surface area contributed by atoms with Crippen molar-refractivity contribution in [2.75, 3.05) is 32.2 Å².